The molecule has 0 unspecified atom stereocenters. The van der Waals surface area contributed by atoms with E-state index in [1.54, 1.807) is 0 Å². The molecule has 0 aliphatic rings. The third-order valence-electron chi connectivity index (χ3n) is 4.55. The van der Waals surface area contributed by atoms with Crippen LogP contribution in [0.2, 0.25) is 0 Å². The van der Waals surface area contributed by atoms with E-state index in [1.165, 1.54) is 56.9 Å². The molecular weight excluding hydrogens is 298 g/mol. The zero-order valence-electron chi connectivity index (χ0n) is 15.0. The molecule has 0 spiro atoms. The Labute approximate surface area is 145 Å². The zero-order chi connectivity index (χ0) is 17.0. The van der Waals surface area contributed by atoms with E-state index in [0.717, 1.165) is 30.7 Å². The Balaban J connectivity index is 1.84. The van der Waals surface area contributed by atoms with Crippen LogP contribution in [-0.4, -0.2) is 22.5 Å². The highest BCUT2D eigenvalue weighted by Gasteiger charge is 2.09. The Morgan fingerprint density at radius 3 is 2.50 bits per heavy atom. The predicted molar refractivity (Wildman–Crippen MR) is 100 cm³/mol. The Morgan fingerprint density at radius 2 is 1.75 bits per heavy atom. The average Bonchev–Trinajstić information content (AvgIpc) is 2.95. The summed E-state index contributed by atoms with van der Waals surface area (Å²) in [6.45, 7) is 3.92. The number of aromatic nitrogens is 2. The van der Waals surface area contributed by atoms with Crippen LogP contribution < -0.4 is 5.32 Å². The van der Waals surface area contributed by atoms with Gasteiger partial charge in [-0.3, -0.25) is 4.79 Å². The summed E-state index contributed by atoms with van der Waals surface area (Å²) in [4.78, 5) is 15.2. The molecule has 0 bridgehead atoms. The summed E-state index contributed by atoms with van der Waals surface area (Å²) in [6, 6.07) is 8.31. The van der Waals surface area contributed by atoms with Crippen LogP contribution in [0.3, 0.4) is 0 Å². The molecule has 0 saturated carbocycles. The molecule has 1 heterocycles. The van der Waals surface area contributed by atoms with Gasteiger partial charge < -0.3 is 9.88 Å². The summed E-state index contributed by atoms with van der Waals surface area (Å²) in [5.41, 5.74) is 2.26. The van der Waals surface area contributed by atoms with Crippen LogP contribution in [0.4, 0.5) is 0 Å². The number of fused-ring (bicyclic) bond motifs is 1. The average molecular weight is 329 g/mol. The first-order chi connectivity index (χ1) is 11.9. The van der Waals surface area contributed by atoms with Gasteiger partial charge in [-0.05, 0) is 18.6 Å². The number of carbonyl (C=O) groups excluding carboxylic acids is 1. The van der Waals surface area contributed by atoms with E-state index >= 15 is 0 Å². The third-order valence-corrected chi connectivity index (χ3v) is 4.55. The van der Waals surface area contributed by atoms with Gasteiger partial charge in [0.25, 0.3) is 0 Å². The summed E-state index contributed by atoms with van der Waals surface area (Å²) >= 11 is 0. The number of nitrogens with one attached hydrogen (secondary N) is 1. The second-order valence-corrected chi connectivity index (χ2v) is 6.47. The van der Waals surface area contributed by atoms with Crippen molar-refractivity contribution in [2.24, 2.45) is 0 Å². The molecule has 1 aromatic heterocycles. The predicted octanol–water partition coefficient (Wildman–Crippen LogP) is 4.47. The molecule has 1 aromatic carbocycles. The van der Waals surface area contributed by atoms with Crippen LogP contribution in [0.25, 0.3) is 11.0 Å². The van der Waals surface area contributed by atoms with Gasteiger partial charge >= 0.3 is 0 Å². The van der Waals surface area contributed by atoms with Gasteiger partial charge in [-0.15, -0.1) is 0 Å². The molecule has 24 heavy (non-hydrogen) atoms. The molecule has 2 rings (SSSR count). The van der Waals surface area contributed by atoms with Gasteiger partial charge in [0.1, 0.15) is 5.82 Å². The van der Waals surface area contributed by atoms with Gasteiger partial charge in [0.2, 0.25) is 6.41 Å². The minimum atomic E-state index is 0.643. The van der Waals surface area contributed by atoms with E-state index in [1.807, 2.05) is 6.07 Å². The van der Waals surface area contributed by atoms with Gasteiger partial charge in [-0.25, -0.2) is 4.98 Å². The number of imidazole rings is 1. The first kappa shape index (κ1) is 18.5. The van der Waals surface area contributed by atoms with Crippen LogP contribution in [0.15, 0.2) is 24.3 Å². The fourth-order valence-corrected chi connectivity index (χ4v) is 3.21. The van der Waals surface area contributed by atoms with Crippen LogP contribution >= 0.6 is 0 Å². The Kier molecular flexibility index (Phi) is 8.36. The van der Waals surface area contributed by atoms with E-state index < -0.39 is 0 Å². The number of hydrogen-bond donors (Lipinski definition) is 1. The summed E-state index contributed by atoms with van der Waals surface area (Å²) in [5.74, 6) is 1.08. The van der Waals surface area contributed by atoms with Crippen LogP contribution in [0.5, 0.6) is 0 Å². The second kappa shape index (κ2) is 10.8. The molecule has 0 aliphatic carbocycles. The Morgan fingerprint density at radius 1 is 1.04 bits per heavy atom. The van der Waals surface area contributed by atoms with Crippen molar-refractivity contribution >= 4 is 17.4 Å². The number of nitrogens with zero attached hydrogens (tertiary/aromatic N) is 2. The molecule has 2 aromatic rings. The van der Waals surface area contributed by atoms with Crippen molar-refractivity contribution < 1.29 is 4.79 Å². The second-order valence-electron chi connectivity index (χ2n) is 6.47. The highest BCUT2D eigenvalue weighted by Crippen LogP contribution is 2.18. The summed E-state index contributed by atoms with van der Waals surface area (Å²) < 4.78 is 2.33. The molecule has 1 amide bonds. The molecule has 0 fully saturated rings. The molecule has 0 radical (unpaired) electrons. The summed E-state index contributed by atoms with van der Waals surface area (Å²) in [6.07, 6.45) is 12.2. The van der Waals surface area contributed by atoms with Crippen molar-refractivity contribution in [2.45, 2.75) is 71.3 Å². The lowest BCUT2D eigenvalue weighted by Crippen LogP contribution is -2.17. The van der Waals surface area contributed by atoms with E-state index in [0.29, 0.717) is 6.54 Å². The third kappa shape index (κ3) is 5.66. The van der Waals surface area contributed by atoms with Crippen molar-refractivity contribution in [3.63, 3.8) is 0 Å². The van der Waals surface area contributed by atoms with Crippen molar-refractivity contribution in [3.05, 3.63) is 30.1 Å². The largest absolute Gasteiger partial charge is 0.358 e. The SMILES string of the molecule is CCCCCCCCCCn1c(CCNC=O)nc2ccccc21. The molecule has 4 heteroatoms. The minimum Gasteiger partial charge on any atom is -0.358 e. The lowest BCUT2D eigenvalue weighted by atomic mass is 10.1. The van der Waals surface area contributed by atoms with Crippen molar-refractivity contribution in [3.8, 4) is 0 Å². The van der Waals surface area contributed by atoms with Gasteiger partial charge in [0.05, 0.1) is 11.0 Å². The highest BCUT2D eigenvalue weighted by molar-refractivity contribution is 5.75. The number of benzene rings is 1. The van der Waals surface area contributed by atoms with Crippen molar-refractivity contribution in [1.82, 2.24) is 14.9 Å². The molecule has 132 valence electrons. The molecule has 1 N–H and O–H groups in total. The molecule has 0 atom stereocenters. The molecule has 0 saturated heterocycles. The topological polar surface area (TPSA) is 46.9 Å². The van der Waals surface area contributed by atoms with E-state index in [4.69, 9.17) is 4.98 Å². The number of para-hydroxylation sites is 2. The Bertz CT molecular complexity index is 606. The van der Waals surface area contributed by atoms with E-state index in [-0.39, 0.29) is 0 Å². The molecular formula is C20H31N3O. The number of rotatable bonds is 13. The molecule has 4 nitrogen and oxygen atoms in total. The van der Waals surface area contributed by atoms with Crippen LogP contribution in [-0.2, 0) is 17.8 Å². The van der Waals surface area contributed by atoms with Gasteiger partial charge in [-0.2, -0.15) is 0 Å². The number of hydrogen-bond acceptors (Lipinski definition) is 2. The van der Waals surface area contributed by atoms with Crippen molar-refractivity contribution in [2.75, 3.05) is 6.54 Å². The highest BCUT2D eigenvalue weighted by atomic mass is 16.1. The Hall–Kier alpha value is -1.84. The number of unbranched alkanes of at least 4 members (excludes halogenated alkanes) is 7. The van der Waals surface area contributed by atoms with Gasteiger partial charge in [-0.1, -0.05) is 64.0 Å². The standard InChI is InChI=1S/C20H31N3O/c1-2-3-4-5-6-7-8-11-16-23-19-13-10-9-12-18(19)22-20(23)14-15-21-17-24/h9-10,12-13,17H,2-8,11,14-16H2,1H3,(H,21,24). The lowest BCUT2D eigenvalue weighted by Gasteiger charge is -2.09. The fraction of sp³-hybridized carbons (Fsp3) is 0.600. The fourth-order valence-electron chi connectivity index (χ4n) is 3.21. The van der Waals surface area contributed by atoms with Gasteiger partial charge in [0, 0.05) is 19.5 Å². The van der Waals surface area contributed by atoms with Crippen LogP contribution in [0.1, 0.15) is 64.1 Å². The maximum absolute atomic E-state index is 10.5. The van der Waals surface area contributed by atoms with Gasteiger partial charge in [0.15, 0.2) is 0 Å². The number of aryl methyl sites for hydroxylation is 1. The zero-order valence-corrected chi connectivity index (χ0v) is 15.0. The lowest BCUT2D eigenvalue weighted by molar-refractivity contribution is -0.109. The quantitative estimate of drug-likeness (QED) is 0.435. The number of amides is 1. The molecule has 0 aliphatic heterocycles. The van der Waals surface area contributed by atoms with Crippen LogP contribution in [0, 0.1) is 0 Å². The number of carbonyl (C=O) groups is 1. The normalized spacial score (nSPS) is 11.0. The summed E-state index contributed by atoms with van der Waals surface area (Å²) in [7, 11) is 0. The summed E-state index contributed by atoms with van der Waals surface area (Å²) in [5, 5.41) is 2.74. The monoisotopic (exact) mass is 329 g/mol. The van der Waals surface area contributed by atoms with E-state index in [9.17, 15) is 4.79 Å². The maximum Gasteiger partial charge on any atom is 0.207 e. The maximum atomic E-state index is 10.5. The smallest absolute Gasteiger partial charge is 0.207 e. The first-order valence-electron chi connectivity index (χ1n) is 9.48. The van der Waals surface area contributed by atoms with E-state index in [2.05, 4.69) is 35.0 Å². The van der Waals surface area contributed by atoms with Crippen molar-refractivity contribution in [1.29, 1.82) is 0 Å². The minimum absolute atomic E-state index is 0.643. The first-order valence-corrected chi connectivity index (χ1v) is 9.48.